The first-order valence-electron chi connectivity index (χ1n) is 5.91. The number of aliphatic hydroxyl groups excluding tert-OH is 1. The zero-order valence-corrected chi connectivity index (χ0v) is 10.6. The summed E-state index contributed by atoms with van der Waals surface area (Å²) in [6, 6.07) is 0.0175. The number of hydrogen-bond donors (Lipinski definition) is 3. The molecule has 0 heterocycles. The predicted molar refractivity (Wildman–Crippen MR) is 65.1 cm³/mol. The summed E-state index contributed by atoms with van der Waals surface area (Å²) in [5.74, 6) is -0.321. The Kier molecular flexibility index (Phi) is 8.15. The molecule has 0 aromatic carbocycles. The van der Waals surface area contributed by atoms with Crippen LogP contribution in [0.2, 0.25) is 0 Å². The molecule has 2 atom stereocenters. The molecular weight excluding hydrogens is 206 g/mol. The van der Waals surface area contributed by atoms with Crippen LogP contribution in [0.5, 0.6) is 0 Å². The molecule has 0 rings (SSSR count). The molecule has 0 saturated carbocycles. The summed E-state index contributed by atoms with van der Waals surface area (Å²) in [6.07, 6.45) is -0.104. The summed E-state index contributed by atoms with van der Waals surface area (Å²) in [4.78, 5) is 12.8. The van der Waals surface area contributed by atoms with Gasteiger partial charge in [-0.3, -0.25) is 4.79 Å². The fraction of sp³-hybridized carbons (Fsp3) is 0.909. The molecule has 1 amide bonds. The maximum atomic E-state index is 10.6. The summed E-state index contributed by atoms with van der Waals surface area (Å²) in [5.41, 5.74) is 5.07. The monoisotopic (exact) mass is 231 g/mol. The van der Waals surface area contributed by atoms with E-state index >= 15 is 0 Å². The predicted octanol–water partition coefficient (Wildman–Crippen LogP) is -0.457. The highest BCUT2D eigenvalue weighted by Gasteiger charge is 2.11. The third-order valence-corrected chi connectivity index (χ3v) is 2.57. The largest absolute Gasteiger partial charge is 0.390 e. The number of rotatable bonds is 9. The van der Waals surface area contributed by atoms with Crippen molar-refractivity contribution < 1.29 is 9.90 Å². The molecule has 0 saturated heterocycles. The van der Waals surface area contributed by atoms with Crippen molar-refractivity contribution in [2.45, 2.75) is 39.3 Å². The van der Waals surface area contributed by atoms with E-state index in [9.17, 15) is 9.90 Å². The molecule has 0 spiro atoms. The molecular formula is C11H25N3O2. The Labute approximate surface area is 98.0 Å². The number of likely N-dealkylation sites (N-methyl/N-ethyl adjacent to an activating group) is 1. The smallest absolute Gasteiger partial charge is 0.218 e. The highest BCUT2D eigenvalue weighted by atomic mass is 16.3. The van der Waals surface area contributed by atoms with Crippen LogP contribution >= 0.6 is 0 Å². The first-order chi connectivity index (χ1) is 7.49. The lowest BCUT2D eigenvalue weighted by Crippen LogP contribution is -2.41. The molecule has 0 aromatic heterocycles. The standard InChI is InChI=1S/C11H25N3O2/c1-4-14(5-2)8-10(15)7-13-9(3)6-11(12)16/h9-10,13,15H,4-8H2,1-3H3,(H2,12,16). The lowest BCUT2D eigenvalue weighted by atomic mass is 10.2. The first-order valence-corrected chi connectivity index (χ1v) is 5.91. The van der Waals surface area contributed by atoms with Gasteiger partial charge in [-0.2, -0.15) is 0 Å². The Hall–Kier alpha value is -0.650. The summed E-state index contributed by atoms with van der Waals surface area (Å²) in [5, 5.41) is 12.8. The number of carbonyl (C=O) groups excluding carboxylic acids is 1. The van der Waals surface area contributed by atoms with E-state index < -0.39 is 6.10 Å². The fourth-order valence-electron chi connectivity index (χ4n) is 1.56. The van der Waals surface area contributed by atoms with Crippen LogP contribution in [0.25, 0.3) is 0 Å². The van der Waals surface area contributed by atoms with Crippen LogP contribution in [0, 0.1) is 0 Å². The SMILES string of the molecule is CCN(CC)CC(O)CNC(C)CC(N)=O. The molecule has 2 unspecified atom stereocenters. The van der Waals surface area contributed by atoms with Gasteiger partial charge in [0.2, 0.25) is 5.91 Å². The van der Waals surface area contributed by atoms with E-state index in [2.05, 4.69) is 24.1 Å². The van der Waals surface area contributed by atoms with E-state index in [1.54, 1.807) is 0 Å². The summed E-state index contributed by atoms with van der Waals surface area (Å²) in [7, 11) is 0. The minimum atomic E-state index is -0.407. The van der Waals surface area contributed by atoms with Gasteiger partial charge < -0.3 is 21.1 Å². The maximum Gasteiger partial charge on any atom is 0.218 e. The van der Waals surface area contributed by atoms with E-state index in [0.29, 0.717) is 19.5 Å². The Morgan fingerprint density at radius 2 is 2.00 bits per heavy atom. The van der Waals surface area contributed by atoms with Gasteiger partial charge in [-0.05, 0) is 20.0 Å². The quantitative estimate of drug-likeness (QED) is 0.502. The molecule has 0 fully saturated rings. The van der Waals surface area contributed by atoms with Crippen molar-refractivity contribution in [3.8, 4) is 0 Å². The highest BCUT2D eigenvalue weighted by molar-refractivity contribution is 5.74. The number of nitrogens with two attached hydrogens (primary N) is 1. The molecule has 5 heteroatoms. The zero-order chi connectivity index (χ0) is 12.6. The number of nitrogens with zero attached hydrogens (tertiary/aromatic N) is 1. The van der Waals surface area contributed by atoms with Crippen molar-refractivity contribution in [1.82, 2.24) is 10.2 Å². The third-order valence-electron chi connectivity index (χ3n) is 2.57. The van der Waals surface area contributed by atoms with Crippen LogP contribution in [0.15, 0.2) is 0 Å². The first kappa shape index (κ1) is 15.3. The van der Waals surface area contributed by atoms with E-state index in [1.165, 1.54) is 0 Å². The van der Waals surface area contributed by atoms with Gasteiger partial charge in [0.25, 0.3) is 0 Å². The van der Waals surface area contributed by atoms with Gasteiger partial charge >= 0.3 is 0 Å². The van der Waals surface area contributed by atoms with Gasteiger partial charge in [0.1, 0.15) is 0 Å². The van der Waals surface area contributed by atoms with Crippen molar-refractivity contribution >= 4 is 5.91 Å². The summed E-state index contributed by atoms with van der Waals surface area (Å²) in [6.45, 7) is 9.04. The molecule has 0 aliphatic rings. The number of carbonyl (C=O) groups is 1. The number of amides is 1. The van der Waals surface area contributed by atoms with Crippen LogP contribution in [-0.4, -0.2) is 54.2 Å². The second-order valence-electron chi connectivity index (χ2n) is 4.12. The van der Waals surface area contributed by atoms with Crippen LogP contribution in [-0.2, 0) is 4.79 Å². The van der Waals surface area contributed by atoms with Crippen LogP contribution in [0.3, 0.4) is 0 Å². The molecule has 16 heavy (non-hydrogen) atoms. The zero-order valence-electron chi connectivity index (χ0n) is 10.6. The molecule has 0 aliphatic carbocycles. The maximum absolute atomic E-state index is 10.6. The van der Waals surface area contributed by atoms with E-state index in [4.69, 9.17) is 5.73 Å². The van der Waals surface area contributed by atoms with Crippen molar-refractivity contribution in [3.05, 3.63) is 0 Å². The topological polar surface area (TPSA) is 78.6 Å². The van der Waals surface area contributed by atoms with E-state index in [-0.39, 0.29) is 11.9 Å². The average molecular weight is 231 g/mol. The number of primary amides is 1. The molecule has 5 nitrogen and oxygen atoms in total. The van der Waals surface area contributed by atoms with Crippen molar-refractivity contribution in [2.75, 3.05) is 26.2 Å². The Morgan fingerprint density at radius 1 is 1.44 bits per heavy atom. The highest BCUT2D eigenvalue weighted by Crippen LogP contribution is 1.93. The molecule has 0 bridgehead atoms. The lowest BCUT2D eigenvalue weighted by Gasteiger charge is -2.23. The molecule has 4 N–H and O–H groups in total. The lowest BCUT2D eigenvalue weighted by molar-refractivity contribution is -0.118. The van der Waals surface area contributed by atoms with Crippen molar-refractivity contribution in [2.24, 2.45) is 5.73 Å². The molecule has 0 aromatic rings. The van der Waals surface area contributed by atoms with Gasteiger partial charge in [0, 0.05) is 25.6 Å². The van der Waals surface area contributed by atoms with Crippen LogP contribution < -0.4 is 11.1 Å². The molecule has 0 aliphatic heterocycles. The van der Waals surface area contributed by atoms with Gasteiger partial charge in [-0.25, -0.2) is 0 Å². The summed E-state index contributed by atoms with van der Waals surface area (Å²) >= 11 is 0. The second kappa shape index (κ2) is 8.50. The van der Waals surface area contributed by atoms with Gasteiger partial charge in [0.05, 0.1) is 6.10 Å². The van der Waals surface area contributed by atoms with Gasteiger partial charge in [-0.1, -0.05) is 13.8 Å². The Balaban J connectivity index is 3.71. The molecule has 0 radical (unpaired) electrons. The Bertz CT molecular complexity index is 196. The summed E-state index contributed by atoms with van der Waals surface area (Å²) < 4.78 is 0. The molecule has 96 valence electrons. The fourth-order valence-corrected chi connectivity index (χ4v) is 1.56. The van der Waals surface area contributed by atoms with Crippen molar-refractivity contribution in [3.63, 3.8) is 0 Å². The second-order valence-corrected chi connectivity index (χ2v) is 4.12. The number of nitrogens with one attached hydrogen (secondary N) is 1. The van der Waals surface area contributed by atoms with Crippen LogP contribution in [0.1, 0.15) is 27.2 Å². The minimum absolute atomic E-state index is 0.0175. The van der Waals surface area contributed by atoms with Gasteiger partial charge in [-0.15, -0.1) is 0 Å². The Morgan fingerprint density at radius 3 is 2.44 bits per heavy atom. The average Bonchev–Trinajstić information content (AvgIpc) is 2.22. The minimum Gasteiger partial charge on any atom is -0.390 e. The number of hydrogen-bond acceptors (Lipinski definition) is 4. The van der Waals surface area contributed by atoms with E-state index in [0.717, 1.165) is 13.1 Å². The van der Waals surface area contributed by atoms with Crippen molar-refractivity contribution in [1.29, 1.82) is 0 Å². The third kappa shape index (κ3) is 7.62. The normalized spacial score (nSPS) is 15.1. The number of aliphatic hydroxyl groups is 1. The van der Waals surface area contributed by atoms with E-state index in [1.807, 2.05) is 6.92 Å². The van der Waals surface area contributed by atoms with Crippen LogP contribution in [0.4, 0.5) is 0 Å². The van der Waals surface area contributed by atoms with Gasteiger partial charge in [0.15, 0.2) is 0 Å².